The molecule has 2 rings (SSSR count). The van der Waals surface area contributed by atoms with Gasteiger partial charge in [0.25, 0.3) is 0 Å². The van der Waals surface area contributed by atoms with Gasteiger partial charge in [-0.05, 0) is 29.8 Å². The summed E-state index contributed by atoms with van der Waals surface area (Å²) in [6, 6.07) is 10.0. The lowest BCUT2D eigenvalue weighted by atomic mass is 10.2. The van der Waals surface area contributed by atoms with E-state index in [-0.39, 0.29) is 22.5 Å². The predicted octanol–water partition coefficient (Wildman–Crippen LogP) is 4.40. The van der Waals surface area contributed by atoms with E-state index in [2.05, 4.69) is 4.98 Å². The maximum Gasteiger partial charge on any atom is 0.358 e. The molecule has 98 valence electrons. The lowest BCUT2D eigenvalue weighted by Gasteiger charge is -2.06. The molecule has 3 nitrogen and oxygen atoms in total. The number of hydrogen-bond acceptors (Lipinski definition) is 3. The van der Waals surface area contributed by atoms with Crippen molar-refractivity contribution in [2.45, 2.75) is 6.61 Å². The van der Waals surface area contributed by atoms with E-state index >= 15 is 0 Å². The summed E-state index contributed by atoms with van der Waals surface area (Å²) in [5.41, 5.74) is 0.773. The molecule has 1 aromatic carbocycles. The number of benzene rings is 1. The first-order valence-corrected chi connectivity index (χ1v) is 6.43. The molecule has 0 spiro atoms. The maximum absolute atomic E-state index is 11.8. The zero-order valence-corrected chi connectivity index (χ0v) is 11.8. The molecule has 1 heterocycles. The summed E-state index contributed by atoms with van der Waals surface area (Å²) < 4.78 is 5.10. The lowest BCUT2D eigenvalue weighted by molar-refractivity contribution is 0.0466. The monoisotopic (exact) mass is 315 g/mol. The van der Waals surface area contributed by atoms with E-state index in [1.807, 2.05) is 0 Å². The Morgan fingerprint density at radius 3 is 2.68 bits per heavy atom. The van der Waals surface area contributed by atoms with Gasteiger partial charge < -0.3 is 4.74 Å². The molecule has 6 heteroatoms. The van der Waals surface area contributed by atoms with Gasteiger partial charge >= 0.3 is 5.97 Å². The first-order chi connectivity index (χ1) is 9.06. The molecule has 0 fully saturated rings. The van der Waals surface area contributed by atoms with Gasteiger partial charge in [0.2, 0.25) is 0 Å². The molecular weight excluding hydrogens is 309 g/mol. The van der Waals surface area contributed by atoms with Crippen molar-refractivity contribution in [3.8, 4) is 0 Å². The number of rotatable bonds is 3. The Labute approximate surface area is 125 Å². The van der Waals surface area contributed by atoms with E-state index in [0.29, 0.717) is 5.02 Å². The van der Waals surface area contributed by atoms with Gasteiger partial charge in [-0.3, -0.25) is 0 Å². The molecular formula is C13H8Cl3NO2. The number of carbonyl (C=O) groups is 1. The number of hydrogen-bond donors (Lipinski definition) is 0. The second-order valence-electron chi connectivity index (χ2n) is 3.67. The highest BCUT2D eigenvalue weighted by Gasteiger charge is 2.14. The van der Waals surface area contributed by atoms with Crippen molar-refractivity contribution >= 4 is 40.8 Å². The molecule has 0 saturated heterocycles. The van der Waals surface area contributed by atoms with Crippen LogP contribution in [0.4, 0.5) is 0 Å². The number of ether oxygens (including phenoxy) is 1. The Morgan fingerprint density at radius 2 is 1.95 bits per heavy atom. The highest BCUT2D eigenvalue weighted by atomic mass is 35.5. The molecule has 0 unspecified atom stereocenters. The average Bonchev–Trinajstić information content (AvgIpc) is 2.39. The zero-order chi connectivity index (χ0) is 13.8. The van der Waals surface area contributed by atoms with Crippen molar-refractivity contribution in [1.82, 2.24) is 4.98 Å². The van der Waals surface area contributed by atoms with E-state index in [4.69, 9.17) is 39.5 Å². The minimum atomic E-state index is -0.632. The van der Waals surface area contributed by atoms with E-state index in [0.717, 1.165) is 5.56 Å². The summed E-state index contributed by atoms with van der Waals surface area (Å²) in [5.74, 6) is -0.632. The molecule has 0 saturated carbocycles. The van der Waals surface area contributed by atoms with Gasteiger partial charge in [-0.15, -0.1) is 0 Å². The van der Waals surface area contributed by atoms with Crippen LogP contribution in [-0.4, -0.2) is 11.0 Å². The van der Waals surface area contributed by atoms with E-state index in [9.17, 15) is 4.79 Å². The van der Waals surface area contributed by atoms with Gasteiger partial charge in [-0.2, -0.15) is 0 Å². The topological polar surface area (TPSA) is 39.2 Å². The van der Waals surface area contributed by atoms with E-state index in [1.165, 1.54) is 12.1 Å². The van der Waals surface area contributed by atoms with Crippen LogP contribution in [0.15, 0.2) is 36.4 Å². The first kappa shape index (κ1) is 14.1. The molecule has 0 amide bonds. The van der Waals surface area contributed by atoms with Crippen molar-refractivity contribution in [1.29, 1.82) is 0 Å². The molecule has 0 atom stereocenters. The zero-order valence-electron chi connectivity index (χ0n) is 9.57. The van der Waals surface area contributed by atoms with Crippen LogP contribution in [0, 0.1) is 0 Å². The second kappa shape index (κ2) is 6.24. The van der Waals surface area contributed by atoms with Gasteiger partial charge in [-0.25, -0.2) is 9.78 Å². The van der Waals surface area contributed by atoms with Crippen molar-refractivity contribution in [2.24, 2.45) is 0 Å². The second-order valence-corrected chi connectivity index (χ2v) is 4.90. The molecule has 1 aromatic heterocycles. The SMILES string of the molecule is O=C(OCc1cccc(Cl)c1)c1nc(Cl)ccc1Cl. The van der Waals surface area contributed by atoms with Crippen molar-refractivity contribution in [3.63, 3.8) is 0 Å². The van der Waals surface area contributed by atoms with E-state index in [1.54, 1.807) is 24.3 Å². The van der Waals surface area contributed by atoms with E-state index < -0.39 is 5.97 Å². The Hall–Kier alpha value is -1.29. The first-order valence-electron chi connectivity index (χ1n) is 5.30. The molecule has 2 aromatic rings. The normalized spacial score (nSPS) is 10.3. The lowest BCUT2D eigenvalue weighted by Crippen LogP contribution is -2.08. The molecule has 0 radical (unpaired) electrons. The van der Waals surface area contributed by atoms with Crippen LogP contribution in [-0.2, 0) is 11.3 Å². The van der Waals surface area contributed by atoms with Crippen LogP contribution < -0.4 is 0 Å². The van der Waals surface area contributed by atoms with Crippen molar-refractivity contribution < 1.29 is 9.53 Å². The Balaban J connectivity index is 2.07. The summed E-state index contributed by atoms with van der Waals surface area (Å²) in [7, 11) is 0. The fourth-order valence-electron chi connectivity index (χ4n) is 1.41. The third kappa shape index (κ3) is 3.83. The number of carbonyl (C=O) groups excluding carboxylic acids is 1. The minimum absolute atomic E-state index is 0.00352. The quantitative estimate of drug-likeness (QED) is 0.622. The standard InChI is InChI=1S/C13H8Cl3NO2/c14-9-3-1-2-8(6-9)7-19-13(18)12-10(15)4-5-11(16)17-12/h1-6H,7H2. The molecule has 0 N–H and O–H groups in total. The summed E-state index contributed by atoms with van der Waals surface area (Å²) >= 11 is 17.4. The van der Waals surface area contributed by atoms with Gasteiger partial charge in [0.1, 0.15) is 11.8 Å². The van der Waals surface area contributed by atoms with Gasteiger partial charge in [0.05, 0.1) is 5.02 Å². The molecule has 0 aliphatic carbocycles. The molecule has 0 bridgehead atoms. The van der Waals surface area contributed by atoms with Gasteiger partial charge in [-0.1, -0.05) is 46.9 Å². The third-order valence-electron chi connectivity index (χ3n) is 2.26. The molecule has 0 aliphatic rings. The third-order valence-corrected chi connectivity index (χ3v) is 3.01. The summed E-state index contributed by atoms with van der Waals surface area (Å²) in [6.07, 6.45) is 0. The smallest absolute Gasteiger partial charge is 0.358 e. The fourth-order valence-corrected chi connectivity index (χ4v) is 1.95. The molecule has 0 aliphatic heterocycles. The largest absolute Gasteiger partial charge is 0.456 e. The Kier molecular flexibility index (Phi) is 4.64. The number of esters is 1. The highest BCUT2D eigenvalue weighted by molar-refractivity contribution is 6.34. The van der Waals surface area contributed by atoms with Crippen LogP contribution in [0.2, 0.25) is 15.2 Å². The molecule has 19 heavy (non-hydrogen) atoms. The van der Waals surface area contributed by atoms with Crippen molar-refractivity contribution in [2.75, 3.05) is 0 Å². The average molecular weight is 317 g/mol. The number of nitrogens with zero attached hydrogens (tertiary/aromatic N) is 1. The summed E-state index contributed by atoms with van der Waals surface area (Å²) in [5, 5.41) is 0.951. The van der Waals surface area contributed by atoms with Crippen LogP contribution in [0.25, 0.3) is 0 Å². The Bertz CT molecular complexity index is 617. The van der Waals surface area contributed by atoms with Crippen LogP contribution in [0.1, 0.15) is 16.1 Å². The highest BCUT2D eigenvalue weighted by Crippen LogP contribution is 2.18. The fraction of sp³-hybridized carbons (Fsp3) is 0.0769. The minimum Gasteiger partial charge on any atom is -0.456 e. The van der Waals surface area contributed by atoms with Gasteiger partial charge in [0.15, 0.2) is 5.69 Å². The maximum atomic E-state index is 11.8. The number of aromatic nitrogens is 1. The van der Waals surface area contributed by atoms with Crippen LogP contribution in [0.5, 0.6) is 0 Å². The van der Waals surface area contributed by atoms with Crippen LogP contribution in [0.3, 0.4) is 0 Å². The van der Waals surface area contributed by atoms with Crippen LogP contribution >= 0.6 is 34.8 Å². The van der Waals surface area contributed by atoms with Crippen molar-refractivity contribution in [3.05, 3.63) is 62.9 Å². The Morgan fingerprint density at radius 1 is 1.16 bits per heavy atom. The van der Waals surface area contributed by atoms with Gasteiger partial charge in [0, 0.05) is 5.02 Å². The summed E-state index contributed by atoms with van der Waals surface area (Å²) in [6.45, 7) is 0.0872. The predicted molar refractivity (Wildman–Crippen MR) is 74.8 cm³/mol. The number of pyridine rings is 1. The number of halogens is 3. The summed E-state index contributed by atoms with van der Waals surface area (Å²) in [4.78, 5) is 15.7.